The topological polar surface area (TPSA) is 72.3 Å². The standard InChI is InChI=1S/C20H15F3N4O2S/c1-11(24-12-7-9-13(29-2)10-8-12)16-17(20(21,22)23)26-27(18(16)28)19-25-14-5-3-4-6-15(14)30-19/h3-10,26H,1-2H3. The molecular weight excluding hydrogens is 417 g/mol. The summed E-state index contributed by atoms with van der Waals surface area (Å²) in [6.07, 6.45) is -4.77. The number of thiazole rings is 1. The zero-order valence-electron chi connectivity index (χ0n) is 15.8. The van der Waals surface area contributed by atoms with Crippen molar-refractivity contribution in [3.05, 3.63) is 70.1 Å². The van der Waals surface area contributed by atoms with Crippen molar-refractivity contribution in [1.82, 2.24) is 14.8 Å². The van der Waals surface area contributed by atoms with E-state index < -0.39 is 23.0 Å². The zero-order valence-corrected chi connectivity index (χ0v) is 16.6. The number of rotatable bonds is 4. The first kappa shape index (κ1) is 19.9. The number of nitrogens with one attached hydrogen (secondary N) is 1. The van der Waals surface area contributed by atoms with E-state index in [2.05, 4.69) is 15.1 Å². The normalized spacial score (nSPS) is 12.5. The molecule has 0 saturated heterocycles. The van der Waals surface area contributed by atoms with Crippen LogP contribution in [-0.4, -0.2) is 27.6 Å². The van der Waals surface area contributed by atoms with E-state index in [4.69, 9.17) is 4.74 Å². The van der Waals surface area contributed by atoms with Gasteiger partial charge in [0.05, 0.1) is 34.3 Å². The fourth-order valence-corrected chi connectivity index (χ4v) is 3.90. The van der Waals surface area contributed by atoms with Crippen LogP contribution in [0.15, 0.2) is 58.3 Å². The Hall–Kier alpha value is -3.40. The molecule has 30 heavy (non-hydrogen) atoms. The van der Waals surface area contributed by atoms with Crippen molar-refractivity contribution in [2.24, 2.45) is 4.99 Å². The van der Waals surface area contributed by atoms with Crippen molar-refractivity contribution < 1.29 is 17.9 Å². The van der Waals surface area contributed by atoms with Gasteiger partial charge < -0.3 is 4.74 Å². The first-order chi connectivity index (χ1) is 14.3. The highest BCUT2D eigenvalue weighted by molar-refractivity contribution is 7.20. The summed E-state index contributed by atoms with van der Waals surface area (Å²) in [5.41, 5.74) is -1.64. The van der Waals surface area contributed by atoms with Gasteiger partial charge in [-0.2, -0.15) is 17.9 Å². The number of benzene rings is 2. The monoisotopic (exact) mass is 432 g/mol. The molecule has 1 N–H and O–H groups in total. The fourth-order valence-electron chi connectivity index (χ4n) is 2.97. The lowest BCUT2D eigenvalue weighted by molar-refractivity contribution is -0.141. The quantitative estimate of drug-likeness (QED) is 0.464. The lowest BCUT2D eigenvalue weighted by Crippen LogP contribution is -2.20. The van der Waals surface area contributed by atoms with Crippen LogP contribution in [-0.2, 0) is 6.18 Å². The van der Waals surface area contributed by atoms with Crippen LogP contribution >= 0.6 is 11.3 Å². The minimum Gasteiger partial charge on any atom is -0.497 e. The molecular formula is C20H15F3N4O2S. The van der Waals surface area contributed by atoms with Gasteiger partial charge in [-0.3, -0.25) is 14.9 Å². The number of aliphatic imine (C=N–C) groups is 1. The molecule has 2 aromatic heterocycles. The molecule has 6 nitrogen and oxygen atoms in total. The van der Waals surface area contributed by atoms with Crippen molar-refractivity contribution in [1.29, 1.82) is 0 Å². The Labute approximate surface area is 172 Å². The van der Waals surface area contributed by atoms with E-state index in [1.165, 1.54) is 14.0 Å². The van der Waals surface area contributed by atoms with E-state index in [-0.39, 0.29) is 10.8 Å². The van der Waals surface area contributed by atoms with Gasteiger partial charge in [0.15, 0.2) is 5.69 Å². The molecule has 2 heterocycles. The molecule has 2 aromatic carbocycles. The van der Waals surface area contributed by atoms with Crippen LogP contribution in [0, 0.1) is 0 Å². The van der Waals surface area contributed by atoms with E-state index in [9.17, 15) is 18.0 Å². The highest BCUT2D eigenvalue weighted by Gasteiger charge is 2.39. The fraction of sp³-hybridized carbons (Fsp3) is 0.150. The predicted molar refractivity (Wildman–Crippen MR) is 109 cm³/mol. The minimum atomic E-state index is -4.77. The molecule has 0 aliphatic carbocycles. The van der Waals surface area contributed by atoms with Gasteiger partial charge in [0, 0.05) is 0 Å². The van der Waals surface area contributed by atoms with Crippen molar-refractivity contribution in [2.45, 2.75) is 13.1 Å². The van der Waals surface area contributed by atoms with Crippen LogP contribution in [0.4, 0.5) is 18.9 Å². The molecule has 10 heteroatoms. The molecule has 0 spiro atoms. The predicted octanol–water partition coefficient (Wildman–Crippen LogP) is 4.94. The van der Waals surface area contributed by atoms with Crippen molar-refractivity contribution in [2.75, 3.05) is 7.11 Å². The van der Waals surface area contributed by atoms with Crippen molar-refractivity contribution in [3.63, 3.8) is 0 Å². The number of halogens is 3. The molecule has 0 bridgehead atoms. The Kier molecular flexibility index (Phi) is 4.94. The van der Waals surface area contributed by atoms with E-state index in [1.807, 2.05) is 0 Å². The summed E-state index contributed by atoms with van der Waals surface area (Å²) in [7, 11) is 1.50. The first-order valence-corrected chi connectivity index (χ1v) is 9.57. The molecule has 0 atom stereocenters. The molecule has 0 amide bonds. The third-order valence-electron chi connectivity index (χ3n) is 4.38. The molecule has 0 fully saturated rings. The van der Waals surface area contributed by atoms with Gasteiger partial charge in [-0.25, -0.2) is 4.98 Å². The number of methoxy groups -OCH3 is 1. The molecule has 4 aromatic rings. The number of para-hydroxylation sites is 1. The molecule has 0 aliphatic rings. The number of nitrogens with zero attached hydrogens (tertiary/aromatic N) is 3. The number of alkyl halides is 3. The summed E-state index contributed by atoms with van der Waals surface area (Å²) in [5.74, 6) is 0.586. The van der Waals surface area contributed by atoms with Crippen LogP contribution in [0.5, 0.6) is 5.75 Å². The number of aromatic amines is 1. The Morgan fingerprint density at radius 3 is 2.50 bits per heavy atom. The summed E-state index contributed by atoms with van der Waals surface area (Å²) in [4.78, 5) is 21.4. The molecule has 154 valence electrons. The van der Waals surface area contributed by atoms with Crippen molar-refractivity contribution in [3.8, 4) is 10.9 Å². The van der Waals surface area contributed by atoms with E-state index >= 15 is 0 Å². The Morgan fingerprint density at radius 2 is 1.87 bits per heavy atom. The third-order valence-corrected chi connectivity index (χ3v) is 5.40. The van der Waals surface area contributed by atoms with Crippen LogP contribution in [0.25, 0.3) is 15.3 Å². The smallest absolute Gasteiger partial charge is 0.433 e. The van der Waals surface area contributed by atoms with Crippen molar-refractivity contribution >= 4 is 33.0 Å². The van der Waals surface area contributed by atoms with Gasteiger partial charge in [0.2, 0.25) is 5.13 Å². The summed E-state index contributed by atoms with van der Waals surface area (Å²) in [5, 5.41) is 2.30. The Morgan fingerprint density at radius 1 is 1.17 bits per heavy atom. The lowest BCUT2D eigenvalue weighted by Gasteiger charge is -2.06. The largest absolute Gasteiger partial charge is 0.497 e. The molecule has 0 unspecified atom stereocenters. The average molecular weight is 432 g/mol. The van der Waals surface area contributed by atoms with Gasteiger partial charge in [-0.1, -0.05) is 23.5 Å². The first-order valence-electron chi connectivity index (χ1n) is 8.76. The summed E-state index contributed by atoms with van der Waals surface area (Å²) in [6, 6.07) is 13.5. The van der Waals surface area contributed by atoms with Crippen LogP contribution < -0.4 is 10.3 Å². The maximum atomic E-state index is 13.7. The summed E-state index contributed by atoms with van der Waals surface area (Å²) >= 11 is 1.12. The van der Waals surface area contributed by atoms with E-state index in [0.717, 1.165) is 20.7 Å². The van der Waals surface area contributed by atoms with Gasteiger partial charge in [-0.15, -0.1) is 0 Å². The minimum absolute atomic E-state index is 0.0615. The molecule has 0 radical (unpaired) electrons. The number of fused-ring (bicyclic) bond motifs is 1. The number of ether oxygens (including phenoxy) is 1. The third kappa shape index (κ3) is 3.61. The highest BCUT2D eigenvalue weighted by Crippen LogP contribution is 2.32. The highest BCUT2D eigenvalue weighted by atomic mass is 32.1. The number of hydrogen-bond donors (Lipinski definition) is 1. The second-order valence-electron chi connectivity index (χ2n) is 6.36. The molecule has 4 rings (SSSR count). The summed E-state index contributed by atoms with van der Waals surface area (Å²) in [6.45, 7) is 1.37. The Balaban J connectivity index is 1.86. The molecule has 0 saturated carbocycles. The van der Waals surface area contributed by atoms with Gasteiger partial charge in [0.25, 0.3) is 5.56 Å². The number of H-pyrrole nitrogens is 1. The van der Waals surface area contributed by atoms with Gasteiger partial charge in [0.1, 0.15) is 5.75 Å². The average Bonchev–Trinajstić information content (AvgIpc) is 3.29. The number of hydrogen-bond acceptors (Lipinski definition) is 5. The van der Waals surface area contributed by atoms with Gasteiger partial charge >= 0.3 is 6.18 Å². The lowest BCUT2D eigenvalue weighted by atomic mass is 10.1. The van der Waals surface area contributed by atoms with Crippen LogP contribution in [0.3, 0.4) is 0 Å². The Bertz CT molecular complexity index is 1270. The zero-order chi connectivity index (χ0) is 21.5. The van der Waals surface area contributed by atoms with E-state index in [0.29, 0.717) is 17.0 Å². The van der Waals surface area contributed by atoms with Crippen LogP contribution in [0.2, 0.25) is 0 Å². The van der Waals surface area contributed by atoms with Crippen LogP contribution in [0.1, 0.15) is 18.2 Å². The second kappa shape index (κ2) is 7.45. The maximum absolute atomic E-state index is 13.7. The summed E-state index contributed by atoms with van der Waals surface area (Å²) < 4.78 is 47.7. The SMILES string of the molecule is COc1ccc(N=C(C)c2c(C(F)(F)F)[nH]n(-c3nc4ccccc4s3)c2=O)cc1. The second-order valence-corrected chi connectivity index (χ2v) is 7.37. The van der Waals surface area contributed by atoms with Gasteiger partial charge in [-0.05, 0) is 43.3 Å². The maximum Gasteiger partial charge on any atom is 0.433 e. The molecule has 0 aliphatic heterocycles. The number of aromatic nitrogens is 3. The van der Waals surface area contributed by atoms with E-state index in [1.54, 1.807) is 48.5 Å².